The van der Waals surface area contributed by atoms with Gasteiger partial charge in [-0.15, -0.1) is 0 Å². The number of ether oxygens (including phenoxy) is 2. The van der Waals surface area contributed by atoms with Gasteiger partial charge in [-0.25, -0.2) is 0 Å². The van der Waals surface area contributed by atoms with E-state index in [9.17, 15) is 4.79 Å². The van der Waals surface area contributed by atoms with E-state index in [4.69, 9.17) is 9.47 Å². The summed E-state index contributed by atoms with van der Waals surface area (Å²) in [5.41, 5.74) is 2.98. The average Bonchev–Trinajstić information content (AvgIpc) is 2.75. The lowest BCUT2D eigenvalue weighted by molar-refractivity contribution is 0.0162. The molecule has 1 saturated heterocycles. The number of anilines is 1. The lowest BCUT2D eigenvalue weighted by Crippen LogP contribution is -2.43. The van der Waals surface area contributed by atoms with Crippen molar-refractivity contribution >= 4 is 11.6 Å². The third kappa shape index (κ3) is 5.03. The minimum atomic E-state index is -0.0779. The Morgan fingerprint density at radius 3 is 2.32 bits per heavy atom. The van der Waals surface area contributed by atoms with Gasteiger partial charge in [-0.1, -0.05) is 12.1 Å². The number of morpholine rings is 1. The number of hydrogen-bond donors (Lipinski definition) is 1. The fourth-order valence-electron chi connectivity index (χ4n) is 3.38. The lowest BCUT2D eigenvalue weighted by Gasteiger charge is -2.35. The van der Waals surface area contributed by atoms with Crippen molar-refractivity contribution in [3.05, 3.63) is 59.7 Å². The molecule has 0 radical (unpaired) electrons. The molecule has 2 aromatic carbocycles. The number of rotatable bonds is 7. The molecule has 1 aliphatic heterocycles. The van der Waals surface area contributed by atoms with E-state index in [1.54, 1.807) is 31.4 Å². The zero-order valence-electron chi connectivity index (χ0n) is 16.9. The molecule has 0 bridgehead atoms. The van der Waals surface area contributed by atoms with Crippen LogP contribution in [-0.2, 0) is 4.74 Å². The highest BCUT2D eigenvalue weighted by Crippen LogP contribution is 2.24. The van der Waals surface area contributed by atoms with E-state index in [2.05, 4.69) is 39.4 Å². The first-order valence-electron chi connectivity index (χ1n) is 9.60. The van der Waals surface area contributed by atoms with Gasteiger partial charge in [-0.05, 0) is 42.0 Å². The van der Waals surface area contributed by atoms with Crippen molar-refractivity contribution < 1.29 is 14.3 Å². The molecule has 2 aromatic rings. The predicted molar refractivity (Wildman–Crippen MR) is 111 cm³/mol. The second-order valence-electron chi connectivity index (χ2n) is 7.09. The van der Waals surface area contributed by atoms with Gasteiger partial charge in [-0.2, -0.15) is 0 Å². The molecule has 1 aliphatic rings. The first kappa shape index (κ1) is 20.2. The van der Waals surface area contributed by atoms with Crippen molar-refractivity contribution in [2.75, 3.05) is 59.0 Å². The number of carbonyl (C=O) groups excluding carboxylic acids is 1. The highest BCUT2D eigenvalue weighted by Gasteiger charge is 2.23. The van der Waals surface area contributed by atoms with Crippen LogP contribution >= 0.6 is 0 Å². The van der Waals surface area contributed by atoms with Crippen LogP contribution in [0.2, 0.25) is 0 Å². The van der Waals surface area contributed by atoms with Crippen LogP contribution in [0.4, 0.5) is 5.69 Å². The van der Waals surface area contributed by atoms with Gasteiger partial charge in [0.25, 0.3) is 5.91 Å². The van der Waals surface area contributed by atoms with Crippen molar-refractivity contribution in [3.63, 3.8) is 0 Å². The van der Waals surface area contributed by atoms with Crippen molar-refractivity contribution in [1.29, 1.82) is 0 Å². The van der Waals surface area contributed by atoms with Crippen LogP contribution in [0.25, 0.3) is 0 Å². The molecule has 0 aromatic heterocycles. The third-order valence-corrected chi connectivity index (χ3v) is 5.09. The van der Waals surface area contributed by atoms with Gasteiger partial charge >= 0.3 is 0 Å². The number of hydrogen-bond acceptors (Lipinski definition) is 5. The van der Waals surface area contributed by atoms with E-state index >= 15 is 0 Å². The molecule has 1 N–H and O–H groups in total. The average molecular weight is 383 g/mol. The Morgan fingerprint density at radius 2 is 1.75 bits per heavy atom. The fourth-order valence-corrected chi connectivity index (χ4v) is 3.38. The van der Waals surface area contributed by atoms with E-state index in [1.807, 2.05) is 14.1 Å². The summed E-state index contributed by atoms with van der Waals surface area (Å²) in [4.78, 5) is 17.1. The summed E-state index contributed by atoms with van der Waals surface area (Å²) in [7, 11) is 5.68. The highest BCUT2D eigenvalue weighted by molar-refractivity contribution is 5.94. The van der Waals surface area contributed by atoms with Crippen molar-refractivity contribution in [2.45, 2.75) is 6.04 Å². The molecule has 1 fully saturated rings. The zero-order valence-corrected chi connectivity index (χ0v) is 16.9. The van der Waals surface area contributed by atoms with E-state index in [0.29, 0.717) is 12.1 Å². The SMILES string of the molecule is COc1ccc(C(=O)NC[C@H](c2ccc(N(C)C)cc2)N2CCOCC2)cc1. The Balaban J connectivity index is 1.72. The Labute approximate surface area is 167 Å². The molecule has 150 valence electrons. The number of methoxy groups -OCH3 is 1. The van der Waals surface area contributed by atoms with Crippen molar-refractivity contribution in [1.82, 2.24) is 10.2 Å². The molecular formula is C22H29N3O3. The van der Waals surface area contributed by atoms with Gasteiger partial charge < -0.3 is 19.7 Å². The topological polar surface area (TPSA) is 54.0 Å². The predicted octanol–water partition coefficient (Wildman–Crippen LogP) is 2.56. The normalized spacial score (nSPS) is 15.7. The fraction of sp³-hybridized carbons (Fsp3) is 0.409. The molecule has 6 nitrogen and oxygen atoms in total. The van der Waals surface area contributed by atoms with Crippen LogP contribution < -0.4 is 15.0 Å². The van der Waals surface area contributed by atoms with Gasteiger partial charge in [-0.3, -0.25) is 9.69 Å². The lowest BCUT2D eigenvalue weighted by atomic mass is 10.0. The summed E-state index contributed by atoms with van der Waals surface area (Å²) in [6, 6.07) is 15.8. The van der Waals surface area contributed by atoms with E-state index < -0.39 is 0 Å². The van der Waals surface area contributed by atoms with Crippen LogP contribution in [-0.4, -0.2) is 64.9 Å². The minimum Gasteiger partial charge on any atom is -0.497 e. The molecular weight excluding hydrogens is 354 g/mol. The van der Waals surface area contributed by atoms with Gasteiger partial charge in [0, 0.05) is 45.0 Å². The quantitative estimate of drug-likeness (QED) is 0.796. The molecule has 6 heteroatoms. The molecule has 1 heterocycles. The minimum absolute atomic E-state index is 0.0779. The first-order chi connectivity index (χ1) is 13.6. The van der Waals surface area contributed by atoms with Gasteiger partial charge in [0.15, 0.2) is 0 Å². The maximum absolute atomic E-state index is 12.6. The number of nitrogens with one attached hydrogen (secondary N) is 1. The molecule has 0 saturated carbocycles. The van der Waals surface area contributed by atoms with Crippen LogP contribution in [0.5, 0.6) is 5.75 Å². The van der Waals surface area contributed by atoms with Gasteiger partial charge in [0.1, 0.15) is 5.75 Å². The smallest absolute Gasteiger partial charge is 0.251 e. The molecule has 3 rings (SSSR count). The Hall–Kier alpha value is -2.57. The maximum Gasteiger partial charge on any atom is 0.251 e. The van der Waals surface area contributed by atoms with Crippen molar-refractivity contribution in [3.8, 4) is 5.75 Å². The van der Waals surface area contributed by atoms with Crippen LogP contribution in [0.1, 0.15) is 22.0 Å². The monoisotopic (exact) mass is 383 g/mol. The molecule has 1 atom stereocenters. The number of amides is 1. The van der Waals surface area contributed by atoms with Crippen LogP contribution in [0.3, 0.4) is 0 Å². The molecule has 28 heavy (non-hydrogen) atoms. The van der Waals surface area contributed by atoms with Gasteiger partial charge in [0.2, 0.25) is 0 Å². The standard InChI is InChI=1S/C22H29N3O3/c1-24(2)19-8-4-17(5-9-19)21(25-12-14-28-15-13-25)16-23-22(26)18-6-10-20(27-3)11-7-18/h4-11,21H,12-16H2,1-3H3,(H,23,26)/t21-/m1/s1. The van der Waals surface area contributed by atoms with E-state index in [0.717, 1.165) is 37.7 Å². The highest BCUT2D eigenvalue weighted by atomic mass is 16.5. The third-order valence-electron chi connectivity index (χ3n) is 5.09. The van der Waals surface area contributed by atoms with E-state index in [-0.39, 0.29) is 11.9 Å². The number of nitrogens with zero attached hydrogens (tertiary/aromatic N) is 2. The Morgan fingerprint density at radius 1 is 1.11 bits per heavy atom. The summed E-state index contributed by atoms with van der Waals surface area (Å²) in [5.74, 6) is 0.662. The summed E-state index contributed by atoms with van der Waals surface area (Å²) in [6.07, 6.45) is 0. The molecule has 0 unspecified atom stereocenters. The summed E-state index contributed by atoms with van der Waals surface area (Å²) in [5, 5.41) is 3.10. The zero-order chi connectivity index (χ0) is 19.9. The first-order valence-corrected chi connectivity index (χ1v) is 9.60. The summed E-state index contributed by atoms with van der Waals surface area (Å²) >= 11 is 0. The summed E-state index contributed by atoms with van der Waals surface area (Å²) < 4.78 is 10.7. The number of benzene rings is 2. The van der Waals surface area contributed by atoms with Gasteiger partial charge in [0.05, 0.1) is 26.4 Å². The molecule has 0 aliphatic carbocycles. The van der Waals surface area contributed by atoms with E-state index in [1.165, 1.54) is 5.56 Å². The van der Waals surface area contributed by atoms with Crippen LogP contribution in [0, 0.1) is 0 Å². The second-order valence-corrected chi connectivity index (χ2v) is 7.09. The number of carbonyl (C=O) groups is 1. The molecule has 0 spiro atoms. The summed E-state index contributed by atoms with van der Waals surface area (Å²) in [6.45, 7) is 3.71. The largest absolute Gasteiger partial charge is 0.497 e. The van der Waals surface area contributed by atoms with Crippen LogP contribution in [0.15, 0.2) is 48.5 Å². The Bertz CT molecular complexity index is 754. The Kier molecular flexibility index (Phi) is 6.90. The second kappa shape index (κ2) is 9.57. The maximum atomic E-state index is 12.6. The van der Waals surface area contributed by atoms with Crippen molar-refractivity contribution in [2.24, 2.45) is 0 Å². The molecule has 1 amide bonds.